The zero-order valence-electron chi connectivity index (χ0n) is 12.7. The van der Waals surface area contributed by atoms with Crippen molar-refractivity contribution in [2.75, 3.05) is 19.6 Å². The Hall–Kier alpha value is -0.660. The van der Waals surface area contributed by atoms with E-state index in [1.807, 2.05) is 6.92 Å². The van der Waals surface area contributed by atoms with Gasteiger partial charge in [-0.05, 0) is 44.9 Å². The number of hydrogen-bond donors (Lipinski definition) is 1. The molecule has 1 N–H and O–H groups in total. The predicted octanol–water partition coefficient (Wildman–Crippen LogP) is 1.68. The minimum absolute atomic E-state index is 0.0724. The first-order chi connectivity index (χ1) is 9.91. The summed E-state index contributed by atoms with van der Waals surface area (Å²) >= 11 is 0. The van der Waals surface area contributed by atoms with E-state index in [2.05, 4.69) is 0 Å². The lowest BCUT2D eigenvalue weighted by Gasteiger charge is -2.39. The molecule has 2 rings (SSSR count). The first kappa shape index (κ1) is 16.7. The topological polar surface area (TPSA) is 77.9 Å². The summed E-state index contributed by atoms with van der Waals surface area (Å²) in [5.74, 6) is -0.635. The Balaban J connectivity index is 2.00. The van der Waals surface area contributed by atoms with Gasteiger partial charge in [-0.1, -0.05) is 6.42 Å². The maximum Gasteiger partial charge on any atom is 0.303 e. The zero-order valence-corrected chi connectivity index (χ0v) is 13.5. The Bertz CT molecular complexity index is 466. The highest BCUT2D eigenvalue weighted by Gasteiger charge is 2.36. The molecule has 0 amide bonds. The maximum atomic E-state index is 12.8. The summed E-state index contributed by atoms with van der Waals surface area (Å²) in [6.07, 6.45) is 5.39. The van der Waals surface area contributed by atoms with E-state index in [-0.39, 0.29) is 18.4 Å². The van der Waals surface area contributed by atoms with Crippen LogP contribution in [0.2, 0.25) is 0 Å². The number of nitrogens with zero attached hydrogens (tertiary/aromatic N) is 2. The number of aliphatic carboxylic acids is 1. The molecule has 0 bridgehead atoms. The summed E-state index contributed by atoms with van der Waals surface area (Å²) in [6.45, 7) is 3.62. The van der Waals surface area contributed by atoms with Gasteiger partial charge in [0.2, 0.25) is 0 Å². The van der Waals surface area contributed by atoms with Gasteiger partial charge in [-0.15, -0.1) is 0 Å². The summed E-state index contributed by atoms with van der Waals surface area (Å²) in [4.78, 5) is 10.7. The van der Waals surface area contributed by atoms with Gasteiger partial charge in [-0.2, -0.15) is 17.0 Å². The average molecular weight is 318 g/mol. The molecule has 6 nitrogen and oxygen atoms in total. The first-order valence-electron chi connectivity index (χ1n) is 7.90. The van der Waals surface area contributed by atoms with Crippen molar-refractivity contribution in [1.29, 1.82) is 0 Å². The molecule has 0 aromatic carbocycles. The molecule has 2 saturated heterocycles. The predicted molar refractivity (Wildman–Crippen MR) is 80.1 cm³/mol. The molecule has 2 atom stereocenters. The molecule has 0 spiro atoms. The highest BCUT2D eigenvalue weighted by Crippen LogP contribution is 2.27. The smallest absolute Gasteiger partial charge is 0.303 e. The Morgan fingerprint density at radius 2 is 1.95 bits per heavy atom. The maximum absolute atomic E-state index is 12.8. The lowest BCUT2D eigenvalue weighted by atomic mass is 9.95. The molecule has 0 aromatic rings. The van der Waals surface area contributed by atoms with E-state index in [1.165, 1.54) is 0 Å². The van der Waals surface area contributed by atoms with Crippen molar-refractivity contribution >= 4 is 16.2 Å². The largest absolute Gasteiger partial charge is 0.481 e. The van der Waals surface area contributed by atoms with Crippen LogP contribution >= 0.6 is 0 Å². The first-order valence-corrected chi connectivity index (χ1v) is 9.29. The second-order valence-electron chi connectivity index (χ2n) is 6.26. The molecule has 0 aliphatic carbocycles. The third kappa shape index (κ3) is 4.17. The van der Waals surface area contributed by atoms with Crippen LogP contribution in [0.1, 0.15) is 51.9 Å². The monoisotopic (exact) mass is 318 g/mol. The van der Waals surface area contributed by atoms with Crippen LogP contribution in [-0.4, -0.2) is 53.8 Å². The van der Waals surface area contributed by atoms with Gasteiger partial charge in [0.25, 0.3) is 10.2 Å². The van der Waals surface area contributed by atoms with Gasteiger partial charge in [0.15, 0.2) is 0 Å². The van der Waals surface area contributed by atoms with Crippen molar-refractivity contribution in [2.24, 2.45) is 5.92 Å². The van der Waals surface area contributed by atoms with Crippen molar-refractivity contribution in [3.8, 4) is 0 Å². The van der Waals surface area contributed by atoms with Crippen LogP contribution in [0.15, 0.2) is 0 Å². The van der Waals surface area contributed by atoms with Gasteiger partial charge in [0.1, 0.15) is 0 Å². The van der Waals surface area contributed by atoms with Gasteiger partial charge < -0.3 is 5.11 Å². The quantitative estimate of drug-likeness (QED) is 0.836. The van der Waals surface area contributed by atoms with E-state index in [4.69, 9.17) is 5.11 Å². The molecule has 2 heterocycles. The van der Waals surface area contributed by atoms with Crippen LogP contribution in [0.25, 0.3) is 0 Å². The second kappa shape index (κ2) is 7.07. The average Bonchev–Trinajstić information content (AvgIpc) is 2.45. The molecule has 0 aromatic heterocycles. The highest BCUT2D eigenvalue weighted by molar-refractivity contribution is 7.86. The number of rotatable bonds is 5. The molecular formula is C14H26N2O4S. The fourth-order valence-electron chi connectivity index (χ4n) is 3.36. The second-order valence-corrected chi connectivity index (χ2v) is 8.14. The van der Waals surface area contributed by atoms with Gasteiger partial charge in [-0.3, -0.25) is 4.79 Å². The van der Waals surface area contributed by atoms with Crippen molar-refractivity contribution in [2.45, 2.75) is 57.9 Å². The van der Waals surface area contributed by atoms with Gasteiger partial charge in [0.05, 0.1) is 0 Å². The lowest BCUT2D eigenvalue weighted by Crippen LogP contribution is -2.52. The molecule has 2 fully saturated rings. The fraction of sp³-hybridized carbons (Fsp3) is 0.929. The summed E-state index contributed by atoms with van der Waals surface area (Å²) < 4.78 is 28.7. The summed E-state index contributed by atoms with van der Waals surface area (Å²) in [5.41, 5.74) is 0. The van der Waals surface area contributed by atoms with E-state index < -0.39 is 16.2 Å². The minimum Gasteiger partial charge on any atom is -0.481 e. The summed E-state index contributed by atoms with van der Waals surface area (Å²) in [6, 6.07) is 0.0724. The Morgan fingerprint density at radius 1 is 1.19 bits per heavy atom. The Labute approximate surface area is 127 Å². The number of piperidine rings is 2. The zero-order chi connectivity index (χ0) is 15.5. The van der Waals surface area contributed by atoms with Gasteiger partial charge in [0, 0.05) is 32.1 Å². The van der Waals surface area contributed by atoms with Gasteiger partial charge in [-0.25, -0.2) is 0 Å². The van der Waals surface area contributed by atoms with Crippen molar-refractivity contribution < 1.29 is 18.3 Å². The summed E-state index contributed by atoms with van der Waals surface area (Å²) in [5, 5.41) is 8.77. The third-order valence-corrected chi connectivity index (χ3v) is 6.73. The molecule has 2 aliphatic rings. The van der Waals surface area contributed by atoms with Crippen LogP contribution in [0.5, 0.6) is 0 Å². The third-order valence-electron chi connectivity index (χ3n) is 4.61. The van der Waals surface area contributed by atoms with E-state index in [0.717, 1.165) is 32.1 Å². The molecule has 0 radical (unpaired) electrons. The van der Waals surface area contributed by atoms with E-state index >= 15 is 0 Å². The normalized spacial score (nSPS) is 29.4. The number of carbonyl (C=O) groups is 1. The van der Waals surface area contributed by atoms with E-state index in [9.17, 15) is 13.2 Å². The standard InChI is InChI=1S/C14H26N2O4S/c1-12-5-2-3-10-16(12)21(19,20)15-9-4-6-13(11-15)7-8-14(17)18/h12-13H,2-11H2,1H3,(H,17,18). The minimum atomic E-state index is -3.39. The molecular weight excluding hydrogens is 292 g/mol. The number of hydrogen-bond acceptors (Lipinski definition) is 3. The van der Waals surface area contributed by atoms with Crippen LogP contribution in [0, 0.1) is 5.92 Å². The number of carboxylic acid groups (broad SMARTS) is 1. The van der Waals surface area contributed by atoms with Crippen molar-refractivity contribution in [1.82, 2.24) is 8.61 Å². The van der Waals surface area contributed by atoms with Crippen molar-refractivity contribution in [3.63, 3.8) is 0 Å². The summed E-state index contributed by atoms with van der Waals surface area (Å²) in [7, 11) is -3.39. The van der Waals surface area contributed by atoms with Gasteiger partial charge >= 0.3 is 5.97 Å². The van der Waals surface area contributed by atoms with Crippen LogP contribution in [-0.2, 0) is 15.0 Å². The molecule has 122 valence electrons. The Morgan fingerprint density at radius 3 is 2.62 bits per heavy atom. The fourth-order valence-corrected chi connectivity index (χ4v) is 5.34. The van der Waals surface area contributed by atoms with Crippen LogP contribution in [0.4, 0.5) is 0 Å². The molecule has 21 heavy (non-hydrogen) atoms. The number of carboxylic acids is 1. The lowest BCUT2D eigenvalue weighted by molar-refractivity contribution is -0.137. The van der Waals surface area contributed by atoms with E-state index in [1.54, 1.807) is 8.61 Å². The van der Waals surface area contributed by atoms with Crippen LogP contribution < -0.4 is 0 Å². The highest BCUT2D eigenvalue weighted by atomic mass is 32.2. The Kier molecular flexibility index (Phi) is 5.62. The van der Waals surface area contributed by atoms with Crippen LogP contribution in [0.3, 0.4) is 0 Å². The molecule has 2 unspecified atom stereocenters. The van der Waals surface area contributed by atoms with Crippen molar-refractivity contribution in [3.05, 3.63) is 0 Å². The SMILES string of the molecule is CC1CCCCN1S(=O)(=O)N1CCCC(CCC(=O)O)C1. The molecule has 2 aliphatic heterocycles. The molecule has 7 heteroatoms. The van der Waals surface area contributed by atoms with E-state index in [0.29, 0.717) is 26.1 Å². The molecule has 0 saturated carbocycles.